The van der Waals surface area contributed by atoms with Crippen LogP contribution in [-0.4, -0.2) is 17.1 Å². The van der Waals surface area contributed by atoms with Gasteiger partial charge < -0.3 is 9.72 Å². The van der Waals surface area contributed by atoms with E-state index in [0.717, 1.165) is 11.0 Å². The molecular formula is C8H8N2O. The molecule has 0 aliphatic carbocycles. The summed E-state index contributed by atoms with van der Waals surface area (Å²) in [6.45, 7) is 0. The third-order valence-corrected chi connectivity index (χ3v) is 1.56. The van der Waals surface area contributed by atoms with Gasteiger partial charge in [0, 0.05) is 12.4 Å². The molecule has 2 aromatic heterocycles. The third-order valence-electron chi connectivity index (χ3n) is 1.56. The normalized spacial score (nSPS) is 11.5. The molecule has 11 heavy (non-hydrogen) atoms. The second kappa shape index (κ2) is 2.27. The number of nitrogens with zero attached hydrogens (tertiary/aromatic N) is 1. The van der Waals surface area contributed by atoms with Crippen LogP contribution in [0.15, 0.2) is 24.5 Å². The van der Waals surface area contributed by atoms with Gasteiger partial charge in [-0.15, -0.1) is 0 Å². The van der Waals surface area contributed by atoms with Gasteiger partial charge in [0.25, 0.3) is 0 Å². The number of hydrogen-bond donors (Lipinski definition) is 1. The lowest BCUT2D eigenvalue weighted by molar-refractivity contribution is 0.419. The number of aromatic amines is 1. The van der Waals surface area contributed by atoms with Crippen LogP contribution < -0.4 is 4.74 Å². The van der Waals surface area contributed by atoms with E-state index in [-0.39, 0.29) is 0 Å². The lowest BCUT2D eigenvalue weighted by atomic mass is 10.3. The zero-order valence-corrected chi connectivity index (χ0v) is 6.09. The van der Waals surface area contributed by atoms with Gasteiger partial charge in [0.2, 0.25) is 0 Å². The molecule has 0 aliphatic heterocycles. The number of rotatable bonds is 1. The maximum absolute atomic E-state index is 7.49. The molecule has 0 aliphatic rings. The van der Waals surface area contributed by atoms with Crippen molar-refractivity contribution in [2.75, 3.05) is 7.11 Å². The van der Waals surface area contributed by atoms with Gasteiger partial charge in [0.15, 0.2) is 0 Å². The van der Waals surface area contributed by atoms with E-state index in [1.54, 1.807) is 13.3 Å². The van der Waals surface area contributed by atoms with E-state index in [1.165, 1.54) is 6.20 Å². The summed E-state index contributed by atoms with van der Waals surface area (Å²) in [6.07, 6.45) is 3.25. The van der Waals surface area contributed by atoms with Gasteiger partial charge in [-0.1, -0.05) is 0 Å². The first-order valence-electron chi connectivity index (χ1n) is 3.79. The number of fused-ring (bicyclic) bond motifs is 1. The van der Waals surface area contributed by atoms with Crippen molar-refractivity contribution in [1.29, 1.82) is 0 Å². The number of methoxy groups -OCH3 is 1. The summed E-state index contributed by atoms with van der Waals surface area (Å²) in [5.74, 6) is 0.571. The Bertz CT molecular complexity index is 410. The van der Waals surface area contributed by atoms with Gasteiger partial charge in [0.05, 0.1) is 13.9 Å². The highest BCUT2D eigenvalue weighted by molar-refractivity contribution is 5.82. The first-order chi connectivity index (χ1) is 5.83. The van der Waals surface area contributed by atoms with Crippen molar-refractivity contribution in [2.24, 2.45) is 0 Å². The van der Waals surface area contributed by atoms with Crippen molar-refractivity contribution >= 4 is 11.0 Å². The van der Waals surface area contributed by atoms with E-state index >= 15 is 0 Å². The average molecular weight is 149 g/mol. The minimum Gasteiger partial charge on any atom is -0.496 e. The van der Waals surface area contributed by atoms with Crippen LogP contribution in [0.3, 0.4) is 0 Å². The molecule has 3 heteroatoms. The van der Waals surface area contributed by atoms with Crippen molar-refractivity contribution in [1.82, 2.24) is 9.97 Å². The van der Waals surface area contributed by atoms with Gasteiger partial charge in [-0.2, -0.15) is 0 Å². The highest BCUT2D eigenvalue weighted by Crippen LogP contribution is 2.21. The largest absolute Gasteiger partial charge is 0.496 e. The Labute approximate surface area is 65.4 Å². The minimum atomic E-state index is 0.310. The number of aromatic nitrogens is 2. The zero-order valence-electron chi connectivity index (χ0n) is 7.09. The Morgan fingerprint density at radius 2 is 2.64 bits per heavy atom. The Balaban J connectivity index is 2.83. The summed E-state index contributed by atoms with van der Waals surface area (Å²) >= 11 is 0. The Morgan fingerprint density at radius 1 is 1.73 bits per heavy atom. The topological polar surface area (TPSA) is 37.9 Å². The van der Waals surface area contributed by atoms with Crippen LogP contribution in [-0.2, 0) is 0 Å². The predicted molar refractivity (Wildman–Crippen MR) is 42.6 cm³/mol. The van der Waals surface area contributed by atoms with E-state index in [1.807, 2.05) is 6.07 Å². The summed E-state index contributed by atoms with van der Waals surface area (Å²) in [4.78, 5) is 6.97. The highest BCUT2D eigenvalue weighted by Gasteiger charge is 2.00. The molecule has 0 fully saturated rings. The van der Waals surface area contributed by atoms with E-state index in [9.17, 15) is 0 Å². The van der Waals surface area contributed by atoms with Crippen LogP contribution in [0.1, 0.15) is 1.37 Å². The van der Waals surface area contributed by atoms with Crippen molar-refractivity contribution in [3.63, 3.8) is 0 Å². The van der Waals surface area contributed by atoms with Crippen LogP contribution in [0.5, 0.6) is 5.75 Å². The minimum absolute atomic E-state index is 0.310. The fraction of sp³-hybridized carbons (Fsp3) is 0.125. The summed E-state index contributed by atoms with van der Waals surface area (Å²) in [5, 5.41) is 0.852. The maximum atomic E-state index is 7.49. The lowest BCUT2D eigenvalue weighted by Crippen LogP contribution is -1.83. The molecule has 0 amide bonds. The van der Waals surface area contributed by atoms with E-state index in [4.69, 9.17) is 6.11 Å². The fourth-order valence-corrected chi connectivity index (χ4v) is 1.05. The second-order valence-corrected chi connectivity index (χ2v) is 2.18. The van der Waals surface area contributed by atoms with Crippen molar-refractivity contribution in [2.45, 2.75) is 0 Å². The van der Waals surface area contributed by atoms with Crippen molar-refractivity contribution in [3.8, 4) is 5.75 Å². The Kier molecular flexibility index (Phi) is 1.07. The third kappa shape index (κ3) is 0.852. The van der Waals surface area contributed by atoms with Crippen LogP contribution in [0.25, 0.3) is 11.0 Å². The molecular weight excluding hydrogens is 140 g/mol. The fourth-order valence-electron chi connectivity index (χ4n) is 1.05. The molecule has 0 spiro atoms. The molecule has 1 N–H and O–H groups in total. The Hall–Kier alpha value is -1.51. The number of nitrogens with one attached hydrogen (secondary N) is 1. The molecule has 56 valence electrons. The standard InChI is InChI=1S/C8H8N2O/c1-11-7-3-5-10-8-6(7)2-4-9-8/h2-5H,1H3,(H,9,10)/i3D. The summed E-state index contributed by atoms with van der Waals surface area (Å²) in [7, 11) is 1.56. The first kappa shape index (κ1) is 5.18. The number of pyridine rings is 1. The molecule has 2 heterocycles. The monoisotopic (exact) mass is 149 g/mol. The van der Waals surface area contributed by atoms with Gasteiger partial charge >= 0.3 is 0 Å². The van der Waals surface area contributed by atoms with Crippen molar-refractivity contribution in [3.05, 3.63) is 24.5 Å². The lowest BCUT2D eigenvalue weighted by Gasteiger charge is -1.98. The molecule has 0 radical (unpaired) electrons. The molecule has 0 aromatic carbocycles. The van der Waals surface area contributed by atoms with Crippen LogP contribution >= 0.6 is 0 Å². The zero-order chi connectivity index (χ0) is 8.55. The van der Waals surface area contributed by atoms with Crippen molar-refractivity contribution < 1.29 is 6.11 Å². The molecule has 0 unspecified atom stereocenters. The quantitative estimate of drug-likeness (QED) is 0.668. The Morgan fingerprint density at radius 3 is 3.45 bits per heavy atom. The summed E-state index contributed by atoms with van der Waals surface area (Å²) < 4.78 is 12.6. The number of hydrogen-bond acceptors (Lipinski definition) is 2. The average Bonchev–Trinajstić information content (AvgIpc) is 2.52. The number of ether oxygens (including phenoxy) is 1. The summed E-state index contributed by atoms with van der Waals surface area (Å²) in [6, 6.07) is 2.16. The number of H-pyrrole nitrogens is 1. The molecule has 0 atom stereocenters. The van der Waals surface area contributed by atoms with Gasteiger partial charge in [-0.05, 0) is 12.1 Å². The van der Waals surface area contributed by atoms with Crippen LogP contribution in [0.4, 0.5) is 0 Å². The van der Waals surface area contributed by atoms with Gasteiger partial charge in [0.1, 0.15) is 11.4 Å². The SMILES string of the molecule is [2H]c1cnc2[nH]ccc2c1OC. The molecule has 3 nitrogen and oxygen atoms in total. The molecule has 2 aromatic rings. The van der Waals surface area contributed by atoms with E-state index in [2.05, 4.69) is 9.97 Å². The smallest absolute Gasteiger partial charge is 0.140 e. The summed E-state index contributed by atoms with van der Waals surface area (Å²) in [5.41, 5.74) is 0.753. The van der Waals surface area contributed by atoms with Gasteiger partial charge in [-0.3, -0.25) is 0 Å². The first-order valence-corrected chi connectivity index (χ1v) is 3.29. The molecule has 0 saturated heterocycles. The molecule has 0 saturated carbocycles. The van der Waals surface area contributed by atoms with Crippen LogP contribution in [0, 0.1) is 0 Å². The predicted octanol–water partition coefficient (Wildman–Crippen LogP) is 1.57. The molecule has 0 bridgehead atoms. The van der Waals surface area contributed by atoms with E-state index in [0.29, 0.717) is 11.8 Å². The van der Waals surface area contributed by atoms with E-state index < -0.39 is 0 Å². The van der Waals surface area contributed by atoms with Crippen LogP contribution in [0.2, 0.25) is 0 Å². The second-order valence-electron chi connectivity index (χ2n) is 2.18. The molecule has 2 rings (SSSR count). The maximum Gasteiger partial charge on any atom is 0.140 e. The van der Waals surface area contributed by atoms with Gasteiger partial charge in [-0.25, -0.2) is 4.98 Å². The highest BCUT2D eigenvalue weighted by atomic mass is 16.5.